The highest BCUT2D eigenvalue weighted by Gasteiger charge is 2.47. The van der Waals surface area contributed by atoms with E-state index in [9.17, 15) is 69.6 Å². The molecule has 71 heavy (non-hydrogen) atoms. The Bertz CT molecular complexity index is 3520. The predicted octanol–water partition coefficient (Wildman–Crippen LogP) is 3.92. The van der Waals surface area contributed by atoms with Crippen LogP contribution in [0.3, 0.4) is 0 Å². The normalized spacial score (nSPS) is 18.0. The van der Waals surface area contributed by atoms with Gasteiger partial charge < -0.3 is 32.4 Å². The Hall–Kier alpha value is -4.97. The number of nitrogens with zero attached hydrogens (tertiary/aromatic N) is 2. The van der Waals surface area contributed by atoms with Gasteiger partial charge in [-0.05, 0) is 111 Å². The van der Waals surface area contributed by atoms with Gasteiger partial charge in [-0.2, -0.15) is 4.58 Å². The predicted molar refractivity (Wildman–Crippen MR) is 257 cm³/mol. The van der Waals surface area contributed by atoms with Gasteiger partial charge in [-0.25, -0.2) is 47.9 Å². The number of nitrogens with two attached hydrogens (primary N) is 1. The van der Waals surface area contributed by atoms with Crippen molar-refractivity contribution in [2.24, 2.45) is 5.84 Å². The van der Waals surface area contributed by atoms with Crippen LogP contribution < -0.4 is 16.2 Å². The van der Waals surface area contributed by atoms with E-state index >= 15 is 0 Å². The van der Waals surface area contributed by atoms with E-state index in [0.29, 0.717) is 66.3 Å². The van der Waals surface area contributed by atoms with Gasteiger partial charge in [-0.15, -0.1) is 0 Å². The van der Waals surface area contributed by atoms with Gasteiger partial charge in [-0.1, -0.05) is 31.7 Å². The first-order chi connectivity index (χ1) is 32.4. The number of hydrogen-bond donors (Lipinski definition) is 2. The van der Waals surface area contributed by atoms with Crippen molar-refractivity contribution in [3.05, 3.63) is 95.7 Å². The Balaban J connectivity index is 0.00000937. The van der Waals surface area contributed by atoms with Crippen molar-refractivity contribution in [1.82, 2.24) is 5.43 Å². The highest BCUT2D eigenvalue weighted by Crippen LogP contribution is 2.54. The van der Waals surface area contributed by atoms with Gasteiger partial charge in [0.2, 0.25) is 11.6 Å². The molecule has 0 bridgehead atoms. The lowest BCUT2D eigenvalue weighted by molar-refractivity contribution is -0.438. The summed E-state index contributed by atoms with van der Waals surface area (Å²) in [5.74, 6) is 4.06. The molecule has 3 N–H and O–H groups in total. The van der Waals surface area contributed by atoms with Crippen molar-refractivity contribution in [3.63, 3.8) is 0 Å². The molecule has 388 valence electrons. The molecule has 1 atom stereocenters. The summed E-state index contributed by atoms with van der Waals surface area (Å²) in [5.41, 5.74) is 2.24. The number of hydrazine groups is 1. The number of fused-ring (bicyclic) bond motifs is 6. The third-order valence-corrected chi connectivity index (χ3v) is 16.7. The van der Waals surface area contributed by atoms with E-state index in [4.69, 9.17) is 10.6 Å². The van der Waals surface area contributed by atoms with Crippen LogP contribution in [0.1, 0.15) is 77.8 Å². The Kier molecular flexibility index (Phi) is 16.7. The lowest BCUT2D eigenvalue weighted by Gasteiger charge is -2.31. The van der Waals surface area contributed by atoms with Crippen LogP contribution in [0.25, 0.3) is 21.5 Å². The monoisotopic (exact) mass is 1080 g/mol. The van der Waals surface area contributed by atoms with E-state index in [2.05, 4.69) is 5.43 Å². The molecule has 21 nitrogen and oxygen atoms in total. The Morgan fingerprint density at radius 2 is 1.28 bits per heavy atom. The molecule has 4 aromatic carbocycles. The average Bonchev–Trinajstić information content (AvgIpc) is 3.61. The molecule has 2 heterocycles. The maximum Gasteiger partial charge on any atom is 0.233 e. The number of nitrogens with one attached hydrogen (secondary N) is 1. The van der Waals surface area contributed by atoms with Crippen molar-refractivity contribution >= 4 is 95.1 Å². The average molecular weight is 1080 g/mol. The van der Waals surface area contributed by atoms with E-state index in [1.807, 2.05) is 4.58 Å². The van der Waals surface area contributed by atoms with Gasteiger partial charge in [0.05, 0.1) is 41.7 Å². The molecule has 0 fully saturated rings. The van der Waals surface area contributed by atoms with Crippen molar-refractivity contribution in [2.75, 3.05) is 37.5 Å². The number of anilines is 1. The smallest absolute Gasteiger partial charge is 0.233 e. The second-order valence-electron chi connectivity index (χ2n) is 17.4. The maximum absolute atomic E-state index is 12.5. The molecule has 2 aliphatic rings. The zero-order valence-electron chi connectivity index (χ0n) is 38.0. The molecule has 0 spiro atoms. The van der Waals surface area contributed by atoms with Crippen LogP contribution in [0.4, 0.5) is 11.4 Å². The molecule has 0 saturated carbocycles. The number of benzene rings is 4. The molecule has 0 aliphatic carbocycles. The van der Waals surface area contributed by atoms with Crippen LogP contribution in [0.15, 0.2) is 104 Å². The van der Waals surface area contributed by atoms with Gasteiger partial charge in [0.1, 0.15) is 47.0 Å². The van der Waals surface area contributed by atoms with Gasteiger partial charge in [0, 0.05) is 72.1 Å². The van der Waals surface area contributed by atoms with Gasteiger partial charge in [0.25, 0.3) is 0 Å². The van der Waals surface area contributed by atoms with Crippen molar-refractivity contribution in [2.45, 2.75) is 97.1 Å². The van der Waals surface area contributed by atoms with E-state index in [-0.39, 0.29) is 72.9 Å². The molecule has 0 aromatic heterocycles. The van der Waals surface area contributed by atoms with Crippen LogP contribution in [0.5, 0.6) is 0 Å². The Morgan fingerprint density at radius 1 is 0.718 bits per heavy atom. The number of rotatable bonds is 20. The van der Waals surface area contributed by atoms with Gasteiger partial charge in [0.15, 0.2) is 5.71 Å². The number of hydrogen-bond acceptors (Lipinski definition) is 19. The second-order valence-corrected chi connectivity index (χ2v) is 24.4. The molecule has 1 amide bonds. The summed E-state index contributed by atoms with van der Waals surface area (Å²) in [6.07, 6.45) is 9.65. The van der Waals surface area contributed by atoms with Crippen LogP contribution in [-0.4, -0.2) is 114 Å². The number of unbranched alkanes of at least 4 members (excludes halogenated alkanes) is 2. The third-order valence-electron chi connectivity index (χ3n) is 12.5. The van der Waals surface area contributed by atoms with Crippen LogP contribution in [0.2, 0.25) is 0 Å². The quantitative estimate of drug-likeness (QED) is 0.0241. The lowest BCUT2D eigenvalue weighted by Crippen LogP contribution is -2.31. The van der Waals surface area contributed by atoms with E-state index < -0.39 is 86.8 Å². The second kappa shape index (κ2) is 20.9. The topological polar surface area (TPSA) is 357 Å². The van der Waals surface area contributed by atoms with Crippen molar-refractivity contribution < 1.29 is 79.0 Å². The third kappa shape index (κ3) is 12.0. The zero-order valence-corrected chi connectivity index (χ0v) is 42.1. The van der Waals surface area contributed by atoms with E-state index in [1.165, 1.54) is 25.3 Å². The Labute approximate surface area is 413 Å². The minimum absolute atomic E-state index is 0. The fourth-order valence-electron chi connectivity index (χ4n) is 9.52. The van der Waals surface area contributed by atoms with E-state index in [1.54, 1.807) is 62.1 Å². The first kappa shape index (κ1) is 56.9. The van der Waals surface area contributed by atoms with Crippen LogP contribution in [-0.2, 0) is 71.0 Å². The summed E-state index contributed by atoms with van der Waals surface area (Å²) in [6.45, 7) is 5.76. The van der Waals surface area contributed by atoms with Gasteiger partial charge >= 0.3 is 0 Å². The number of amides is 1. The summed E-state index contributed by atoms with van der Waals surface area (Å²) >= 11 is 0. The summed E-state index contributed by atoms with van der Waals surface area (Å²) in [5, 5.41) is -0.367. The van der Waals surface area contributed by atoms with Crippen LogP contribution >= 0.6 is 0 Å². The largest absolute Gasteiger partial charge is 0.748 e. The number of allylic oxidation sites excluding steroid dienone is 6. The first-order valence-corrected chi connectivity index (χ1v) is 28.5. The highest BCUT2D eigenvalue weighted by atomic mass is 32.2. The fraction of sp³-hybridized carbons (Fsp3) is 0.378. The summed E-state index contributed by atoms with van der Waals surface area (Å²) in [6, 6.07) is 8.75. The molecular weight excluding hydrogens is 1030 g/mol. The number of carbonyl (C=O) groups is 1. The maximum atomic E-state index is 12.5. The summed E-state index contributed by atoms with van der Waals surface area (Å²) in [4.78, 5) is 9.76. The standard InChI is InChI=1S/C44H52N4O17S5.CH4/c1-43(2)38(47(20-10-6-9-14-40(49)46-45)34-17-15-30-32(41(34)43)24-28(67(53,54)55)26-36(30)69(59,60)61)12-7-5-8-13-39-44(3,19-11-23-66(50,51)52)42-33-25-29(68(56,57)58)27-37(70(62,63)64)31(33)16-18-35(42)48(39)21-22-65-4;/h5,7-8,12-13,15-18,24-27H,6,9-11,14,19-23,45H2,1-4H3,(H5-,46,49,50,51,52,53,54,55,56,57,58,59,60,61,62,63,64);1H4/p-4. The number of carbonyl (C=O) groups excluding carboxylic acids is 1. The zero-order chi connectivity index (χ0) is 52.0. The minimum atomic E-state index is -5.38. The molecule has 4 aromatic rings. The molecule has 26 heteroatoms. The van der Waals surface area contributed by atoms with Gasteiger partial charge in [-0.3, -0.25) is 10.2 Å². The molecule has 2 aliphatic heterocycles. The van der Waals surface area contributed by atoms with Crippen molar-refractivity contribution in [1.29, 1.82) is 0 Å². The molecule has 1 unspecified atom stereocenters. The fourth-order valence-corrected chi connectivity index (χ4v) is 12.7. The first-order valence-electron chi connectivity index (χ1n) is 21.3. The van der Waals surface area contributed by atoms with Crippen molar-refractivity contribution in [3.8, 4) is 0 Å². The highest BCUT2D eigenvalue weighted by molar-refractivity contribution is 7.87. The molecular formula is C45H52N4O17S5-4. The number of ether oxygens (including phenoxy) is 1. The van der Waals surface area contributed by atoms with Crippen LogP contribution in [0, 0.1) is 0 Å². The molecule has 6 rings (SSSR count). The summed E-state index contributed by atoms with van der Waals surface area (Å²) < 4.78 is 192. The summed E-state index contributed by atoms with van der Waals surface area (Å²) in [7, 11) is -24.6. The molecule has 0 radical (unpaired) electrons. The molecule has 0 saturated heterocycles. The lowest BCUT2D eigenvalue weighted by atomic mass is 9.75. The minimum Gasteiger partial charge on any atom is -0.748 e. The SMILES string of the molecule is C.COCCN1C(=CC=CC=CC2=[N+](CCCCCC(=O)NN)c3ccc4c(S(=O)(=O)[O-])cc(S(=O)(=O)[O-])cc4c3C2(C)C)C(C)(CCCS(=O)(=O)[O-])c2c1ccc1c(S(=O)(=O)[O-])cc(S(=O)(=O)[O-])cc21. The Morgan fingerprint density at radius 3 is 1.80 bits per heavy atom. The van der Waals surface area contributed by atoms with E-state index in [0.717, 1.165) is 12.1 Å². The number of methoxy groups -OCH3 is 1.